The largest absolute Gasteiger partial charge is 0.497 e. The van der Waals surface area contributed by atoms with E-state index >= 15 is 0 Å². The summed E-state index contributed by atoms with van der Waals surface area (Å²) in [4.78, 5) is 25.8. The van der Waals surface area contributed by atoms with Gasteiger partial charge < -0.3 is 24.9 Å². The number of ether oxygens (including phenoxy) is 1. The minimum absolute atomic E-state index is 0.00732. The lowest BCUT2D eigenvalue weighted by Crippen LogP contribution is -2.52. The number of fused-ring (bicyclic) bond motifs is 1. The molecule has 35 heavy (non-hydrogen) atoms. The molecule has 0 saturated heterocycles. The molecule has 190 valence electrons. The molecule has 1 aromatic carbocycles. The number of rotatable bonds is 8. The third-order valence-corrected chi connectivity index (χ3v) is 8.35. The SMILES string of the molecule is COc1ccc(CNC(=O)CCC23CCC(C)(O)CC2C(C)(C)CC3NC(=O)c2ccco2)cc1. The number of carbonyl (C=O) groups excluding carboxylic acids is 2. The summed E-state index contributed by atoms with van der Waals surface area (Å²) in [6.45, 7) is 6.80. The topological polar surface area (TPSA) is 101 Å². The van der Waals surface area contributed by atoms with Crippen LogP contribution in [0.15, 0.2) is 47.1 Å². The van der Waals surface area contributed by atoms with Crippen molar-refractivity contribution in [2.24, 2.45) is 16.7 Å². The second-order valence-corrected chi connectivity index (χ2v) is 11.3. The minimum atomic E-state index is -0.734. The van der Waals surface area contributed by atoms with Crippen LogP contribution >= 0.6 is 0 Å². The van der Waals surface area contributed by atoms with Crippen molar-refractivity contribution in [1.82, 2.24) is 10.6 Å². The number of hydrogen-bond donors (Lipinski definition) is 3. The number of methoxy groups -OCH3 is 1. The van der Waals surface area contributed by atoms with Crippen LogP contribution in [0.4, 0.5) is 0 Å². The summed E-state index contributed by atoms with van der Waals surface area (Å²) >= 11 is 0. The van der Waals surface area contributed by atoms with Crippen molar-refractivity contribution < 1.29 is 23.8 Å². The summed E-state index contributed by atoms with van der Waals surface area (Å²) in [5, 5.41) is 17.2. The van der Waals surface area contributed by atoms with Crippen LogP contribution in [0.1, 0.15) is 75.4 Å². The minimum Gasteiger partial charge on any atom is -0.497 e. The highest BCUT2D eigenvalue weighted by Gasteiger charge is 2.61. The molecule has 4 atom stereocenters. The molecule has 1 heterocycles. The van der Waals surface area contributed by atoms with Gasteiger partial charge in [0, 0.05) is 19.0 Å². The van der Waals surface area contributed by atoms with Crippen LogP contribution in [0.2, 0.25) is 0 Å². The van der Waals surface area contributed by atoms with Crippen molar-refractivity contribution in [2.75, 3.05) is 7.11 Å². The molecule has 2 aromatic rings. The number of furan rings is 1. The number of hydrogen-bond acceptors (Lipinski definition) is 5. The zero-order valence-corrected chi connectivity index (χ0v) is 21.2. The molecular weight excluding hydrogens is 444 g/mol. The maximum absolute atomic E-state index is 12.9. The summed E-state index contributed by atoms with van der Waals surface area (Å²) in [6.07, 6.45) is 5.42. The Hall–Kier alpha value is -2.80. The van der Waals surface area contributed by atoms with Gasteiger partial charge in [-0.1, -0.05) is 26.0 Å². The maximum Gasteiger partial charge on any atom is 0.287 e. The van der Waals surface area contributed by atoms with Crippen molar-refractivity contribution in [3.63, 3.8) is 0 Å². The highest BCUT2D eigenvalue weighted by molar-refractivity contribution is 5.91. The van der Waals surface area contributed by atoms with Gasteiger partial charge in [0.05, 0.1) is 19.0 Å². The molecule has 2 aliphatic carbocycles. The fraction of sp³-hybridized carbons (Fsp3) is 0.571. The molecule has 4 rings (SSSR count). The molecule has 0 radical (unpaired) electrons. The van der Waals surface area contributed by atoms with Gasteiger partial charge in [-0.05, 0) is 85.6 Å². The second-order valence-electron chi connectivity index (χ2n) is 11.3. The predicted octanol–water partition coefficient (Wildman–Crippen LogP) is 4.45. The van der Waals surface area contributed by atoms with Gasteiger partial charge in [-0.2, -0.15) is 0 Å². The van der Waals surface area contributed by atoms with Gasteiger partial charge in [-0.25, -0.2) is 0 Å². The fourth-order valence-electron chi connectivity index (χ4n) is 6.45. The lowest BCUT2D eigenvalue weighted by Gasteiger charge is -2.50. The van der Waals surface area contributed by atoms with E-state index in [1.54, 1.807) is 19.2 Å². The van der Waals surface area contributed by atoms with Crippen LogP contribution in [0, 0.1) is 16.7 Å². The summed E-state index contributed by atoms with van der Waals surface area (Å²) in [5.74, 6) is 1.03. The Kier molecular flexibility index (Phi) is 7.00. The lowest BCUT2D eigenvalue weighted by molar-refractivity contribution is -0.123. The highest BCUT2D eigenvalue weighted by Crippen LogP contribution is 2.63. The lowest BCUT2D eigenvalue weighted by atomic mass is 9.57. The molecule has 2 saturated carbocycles. The van der Waals surface area contributed by atoms with Gasteiger partial charge in [0.15, 0.2) is 5.76 Å². The number of aliphatic hydroxyl groups is 1. The number of nitrogens with one attached hydrogen (secondary N) is 2. The summed E-state index contributed by atoms with van der Waals surface area (Å²) in [7, 11) is 1.63. The molecule has 0 bridgehead atoms. The zero-order chi connectivity index (χ0) is 25.3. The Morgan fingerprint density at radius 2 is 1.86 bits per heavy atom. The quantitative estimate of drug-likeness (QED) is 0.516. The van der Waals surface area contributed by atoms with Crippen LogP contribution in [-0.2, 0) is 11.3 Å². The zero-order valence-electron chi connectivity index (χ0n) is 21.2. The van der Waals surface area contributed by atoms with E-state index in [1.165, 1.54) is 6.26 Å². The first-order valence-corrected chi connectivity index (χ1v) is 12.5. The summed E-state index contributed by atoms with van der Waals surface area (Å²) in [6, 6.07) is 10.9. The van der Waals surface area contributed by atoms with Crippen molar-refractivity contribution in [3.8, 4) is 5.75 Å². The summed E-state index contributed by atoms with van der Waals surface area (Å²) < 4.78 is 10.5. The van der Waals surface area contributed by atoms with E-state index in [0.717, 1.165) is 24.2 Å². The molecule has 1 aromatic heterocycles. The van der Waals surface area contributed by atoms with Crippen molar-refractivity contribution in [1.29, 1.82) is 0 Å². The maximum atomic E-state index is 12.9. The molecule has 7 heteroatoms. The third-order valence-electron chi connectivity index (χ3n) is 8.35. The fourth-order valence-corrected chi connectivity index (χ4v) is 6.45. The Bertz CT molecular complexity index is 1030. The molecule has 3 N–H and O–H groups in total. The van der Waals surface area contributed by atoms with E-state index in [-0.39, 0.29) is 34.6 Å². The first kappa shape index (κ1) is 25.3. The van der Waals surface area contributed by atoms with Crippen LogP contribution < -0.4 is 15.4 Å². The van der Waals surface area contributed by atoms with Gasteiger partial charge in [0.2, 0.25) is 5.91 Å². The van der Waals surface area contributed by atoms with Crippen molar-refractivity contribution in [2.45, 2.75) is 77.5 Å². The third kappa shape index (κ3) is 5.40. The van der Waals surface area contributed by atoms with E-state index in [4.69, 9.17) is 9.15 Å². The van der Waals surface area contributed by atoms with Crippen LogP contribution in [0.25, 0.3) is 0 Å². The first-order chi connectivity index (χ1) is 16.5. The monoisotopic (exact) mass is 482 g/mol. The Morgan fingerprint density at radius 3 is 2.51 bits per heavy atom. The van der Waals surface area contributed by atoms with Crippen molar-refractivity contribution >= 4 is 11.8 Å². The molecule has 7 nitrogen and oxygen atoms in total. The second kappa shape index (κ2) is 9.69. The van der Waals surface area contributed by atoms with Crippen LogP contribution in [0.5, 0.6) is 5.75 Å². The molecule has 2 fully saturated rings. The smallest absolute Gasteiger partial charge is 0.287 e. The molecule has 2 aliphatic rings. The van der Waals surface area contributed by atoms with Crippen LogP contribution in [0.3, 0.4) is 0 Å². The van der Waals surface area contributed by atoms with Crippen LogP contribution in [-0.4, -0.2) is 35.7 Å². The average Bonchev–Trinajstić information content (AvgIpc) is 3.43. The standard InChI is InChI=1S/C28H38N2O5/c1-26(2)17-23(30-25(32)21-6-5-15-35-21)28(14-13-27(3,33)16-22(26)28)12-11-24(31)29-18-19-7-9-20(34-4)10-8-19/h5-10,15,22-23,33H,11-14,16-18H2,1-4H3,(H,29,31)(H,30,32). The van der Waals surface area contributed by atoms with Crippen molar-refractivity contribution in [3.05, 3.63) is 54.0 Å². The molecule has 0 aliphatic heterocycles. The summed E-state index contributed by atoms with van der Waals surface area (Å²) in [5.41, 5.74) is -0.0621. The Morgan fingerprint density at radius 1 is 1.11 bits per heavy atom. The van der Waals surface area contributed by atoms with E-state index in [9.17, 15) is 14.7 Å². The predicted molar refractivity (Wildman–Crippen MR) is 133 cm³/mol. The normalized spacial score (nSPS) is 29.3. The van der Waals surface area contributed by atoms with E-state index < -0.39 is 5.60 Å². The number of carbonyl (C=O) groups is 2. The van der Waals surface area contributed by atoms with Gasteiger partial charge in [-0.15, -0.1) is 0 Å². The first-order valence-electron chi connectivity index (χ1n) is 12.5. The number of benzene rings is 1. The molecular formula is C28H38N2O5. The molecule has 2 amide bonds. The Labute approximate surface area is 207 Å². The van der Waals surface area contributed by atoms with Gasteiger partial charge >= 0.3 is 0 Å². The van der Waals surface area contributed by atoms with Gasteiger partial charge in [-0.3, -0.25) is 9.59 Å². The van der Waals surface area contributed by atoms with E-state index in [2.05, 4.69) is 24.5 Å². The molecule has 4 unspecified atom stereocenters. The average molecular weight is 483 g/mol. The van der Waals surface area contributed by atoms with Gasteiger partial charge in [0.1, 0.15) is 5.75 Å². The van der Waals surface area contributed by atoms with Gasteiger partial charge in [0.25, 0.3) is 5.91 Å². The highest BCUT2D eigenvalue weighted by atomic mass is 16.5. The van der Waals surface area contributed by atoms with E-state index in [0.29, 0.717) is 38.0 Å². The Balaban J connectivity index is 1.48. The number of amides is 2. The van der Waals surface area contributed by atoms with E-state index in [1.807, 2.05) is 31.2 Å². The molecule has 0 spiro atoms.